The second-order valence-corrected chi connectivity index (χ2v) is 6.00. The van der Waals surface area contributed by atoms with Crippen LogP contribution in [0.4, 0.5) is 0 Å². The number of carbonyl (C=O) groups excluding carboxylic acids is 1. The van der Waals surface area contributed by atoms with Crippen molar-refractivity contribution in [1.82, 2.24) is 15.1 Å². The second kappa shape index (κ2) is 5.94. The van der Waals surface area contributed by atoms with E-state index >= 15 is 0 Å². The molecule has 1 aromatic rings. The summed E-state index contributed by atoms with van der Waals surface area (Å²) in [7, 11) is 0. The van der Waals surface area contributed by atoms with Crippen molar-refractivity contribution >= 4 is 5.91 Å². The maximum Gasteiger partial charge on any atom is 0.238 e. The van der Waals surface area contributed by atoms with Crippen molar-refractivity contribution < 1.29 is 9.21 Å². The molecule has 20 heavy (non-hydrogen) atoms. The molecule has 3 rings (SSSR count). The molecule has 1 aliphatic heterocycles. The Morgan fingerprint density at radius 1 is 1.30 bits per heavy atom. The molecule has 2 fully saturated rings. The number of hydrogen-bond donors (Lipinski definition) is 0. The molecule has 1 amide bonds. The lowest BCUT2D eigenvalue weighted by molar-refractivity contribution is -0.130. The first kappa shape index (κ1) is 13.6. The van der Waals surface area contributed by atoms with E-state index in [4.69, 9.17) is 4.42 Å². The van der Waals surface area contributed by atoms with Crippen LogP contribution in [-0.2, 0) is 11.2 Å². The fourth-order valence-corrected chi connectivity index (χ4v) is 3.47. The predicted molar refractivity (Wildman–Crippen MR) is 73.9 cm³/mol. The molecule has 0 spiro atoms. The van der Waals surface area contributed by atoms with Crippen LogP contribution in [0.15, 0.2) is 4.42 Å². The summed E-state index contributed by atoms with van der Waals surface area (Å²) in [6.07, 6.45) is 8.53. The number of hydrogen-bond acceptors (Lipinski definition) is 4. The minimum Gasteiger partial charge on any atom is -0.423 e. The molecule has 1 saturated heterocycles. The minimum absolute atomic E-state index is 0.0326. The lowest BCUT2D eigenvalue weighted by Gasteiger charge is -2.23. The topological polar surface area (TPSA) is 59.2 Å². The van der Waals surface area contributed by atoms with Crippen molar-refractivity contribution in [2.24, 2.45) is 5.92 Å². The molecular weight excluding hydrogens is 254 g/mol. The Hall–Kier alpha value is -1.39. The maximum atomic E-state index is 11.9. The van der Waals surface area contributed by atoms with Gasteiger partial charge in [-0.15, -0.1) is 10.2 Å². The summed E-state index contributed by atoms with van der Waals surface area (Å²) in [5.74, 6) is 2.29. The molecule has 1 atom stereocenters. The van der Waals surface area contributed by atoms with Crippen molar-refractivity contribution in [3.05, 3.63) is 11.8 Å². The highest BCUT2D eigenvalue weighted by molar-refractivity contribution is 5.78. The van der Waals surface area contributed by atoms with Crippen molar-refractivity contribution in [3.63, 3.8) is 0 Å². The molecule has 1 saturated carbocycles. The highest BCUT2D eigenvalue weighted by atomic mass is 16.4. The molecule has 0 radical (unpaired) electrons. The van der Waals surface area contributed by atoms with Gasteiger partial charge < -0.3 is 9.32 Å². The summed E-state index contributed by atoms with van der Waals surface area (Å²) >= 11 is 0. The van der Waals surface area contributed by atoms with E-state index in [1.54, 1.807) is 0 Å². The maximum absolute atomic E-state index is 11.9. The standard InChI is InChI=1S/C15H23N3O2/c1-2-12(18-9-5-8-14(18)19)15-17-16-13(20-15)10-11-6-3-4-7-11/h11-12H,2-10H2,1H3. The van der Waals surface area contributed by atoms with Crippen molar-refractivity contribution in [1.29, 1.82) is 0 Å². The van der Waals surface area contributed by atoms with E-state index in [0.717, 1.165) is 31.7 Å². The van der Waals surface area contributed by atoms with E-state index < -0.39 is 0 Å². The second-order valence-electron chi connectivity index (χ2n) is 6.00. The largest absolute Gasteiger partial charge is 0.423 e. The zero-order valence-corrected chi connectivity index (χ0v) is 12.2. The van der Waals surface area contributed by atoms with Gasteiger partial charge in [0.05, 0.1) is 0 Å². The summed E-state index contributed by atoms with van der Waals surface area (Å²) in [6.45, 7) is 2.88. The Balaban J connectivity index is 1.68. The number of aromatic nitrogens is 2. The van der Waals surface area contributed by atoms with Gasteiger partial charge in [0.25, 0.3) is 0 Å². The molecule has 0 aromatic carbocycles. The third-order valence-electron chi connectivity index (χ3n) is 4.58. The van der Waals surface area contributed by atoms with Gasteiger partial charge in [-0.05, 0) is 31.6 Å². The number of nitrogens with zero attached hydrogens (tertiary/aromatic N) is 3. The smallest absolute Gasteiger partial charge is 0.238 e. The third-order valence-corrected chi connectivity index (χ3v) is 4.58. The predicted octanol–water partition coefficient (Wildman–Crippen LogP) is 2.88. The Kier molecular flexibility index (Phi) is 4.03. The average molecular weight is 277 g/mol. The van der Waals surface area contributed by atoms with Crippen LogP contribution < -0.4 is 0 Å². The van der Waals surface area contributed by atoms with Crippen molar-refractivity contribution in [3.8, 4) is 0 Å². The van der Waals surface area contributed by atoms with Gasteiger partial charge in [0.1, 0.15) is 6.04 Å². The van der Waals surface area contributed by atoms with Crippen LogP contribution >= 0.6 is 0 Å². The molecule has 5 nitrogen and oxygen atoms in total. The van der Waals surface area contributed by atoms with E-state index in [0.29, 0.717) is 18.2 Å². The van der Waals surface area contributed by atoms with Crippen LogP contribution in [0, 0.1) is 5.92 Å². The van der Waals surface area contributed by atoms with Crippen LogP contribution in [0.25, 0.3) is 0 Å². The number of amides is 1. The third kappa shape index (κ3) is 2.72. The van der Waals surface area contributed by atoms with Crippen LogP contribution in [0.1, 0.15) is 69.7 Å². The van der Waals surface area contributed by atoms with Gasteiger partial charge in [0, 0.05) is 19.4 Å². The van der Waals surface area contributed by atoms with Crippen LogP contribution in [0.5, 0.6) is 0 Å². The highest BCUT2D eigenvalue weighted by Gasteiger charge is 2.31. The molecule has 110 valence electrons. The molecule has 5 heteroatoms. The lowest BCUT2D eigenvalue weighted by atomic mass is 10.0. The average Bonchev–Trinajstić information content (AvgIpc) is 3.16. The Labute approximate surface area is 119 Å². The molecule has 0 N–H and O–H groups in total. The summed E-state index contributed by atoms with van der Waals surface area (Å²) in [4.78, 5) is 13.8. The Morgan fingerprint density at radius 3 is 2.75 bits per heavy atom. The molecule has 1 aromatic heterocycles. The van der Waals surface area contributed by atoms with E-state index in [2.05, 4.69) is 17.1 Å². The van der Waals surface area contributed by atoms with E-state index in [1.807, 2.05) is 4.90 Å². The highest BCUT2D eigenvalue weighted by Crippen LogP contribution is 2.30. The van der Waals surface area contributed by atoms with Gasteiger partial charge in [0.15, 0.2) is 0 Å². The van der Waals surface area contributed by atoms with Gasteiger partial charge in [-0.2, -0.15) is 0 Å². The molecular formula is C15H23N3O2. The first-order chi connectivity index (χ1) is 9.78. The van der Waals surface area contributed by atoms with Gasteiger partial charge in [-0.1, -0.05) is 19.8 Å². The number of carbonyl (C=O) groups is 1. The SMILES string of the molecule is CCC(c1nnc(CC2CCCC2)o1)N1CCCC1=O. The van der Waals surface area contributed by atoms with Crippen LogP contribution in [0.2, 0.25) is 0 Å². The fourth-order valence-electron chi connectivity index (χ4n) is 3.47. The van der Waals surface area contributed by atoms with Crippen molar-refractivity contribution in [2.75, 3.05) is 6.54 Å². The summed E-state index contributed by atoms with van der Waals surface area (Å²) in [5, 5.41) is 8.39. The van der Waals surface area contributed by atoms with Gasteiger partial charge >= 0.3 is 0 Å². The molecule has 2 heterocycles. The van der Waals surface area contributed by atoms with E-state index in [-0.39, 0.29) is 11.9 Å². The number of rotatable bonds is 5. The van der Waals surface area contributed by atoms with E-state index in [1.165, 1.54) is 25.7 Å². The summed E-state index contributed by atoms with van der Waals surface area (Å²) in [5.41, 5.74) is 0. The normalized spacial score (nSPS) is 21.9. The van der Waals surface area contributed by atoms with Gasteiger partial charge in [-0.25, -0.2) is 0 Å². The molecule has 1 unspecified atom stereocenters. The quantitative estimate of drug-likeness (QED) is 0.830. The first-order valence-electron chi connectivity index (χ1n) is 7.89. The summed E-state index contributed by atoms with van der Waals surface area (Å²) in [6, 6.07) is -0.0326. The van der Waals surface area contributed by atoms with E-state index in [9.17, 15) is 4.79 Å². The van der Waals surface area contributed by atoms with Gasteiger partial charge in [0.2, 0.25) is 17.7 Å². The minimum atomic E-state index is -0.0326. The monoisotopic (exact) mass is 277 g/mol. The lowest BCUT2D eigenvalue weighted by Crippen LogP contribution is -2.29. The Morgan fingerprint density at radius 2 is 2.10 bits per heavy atom. The van der Waals surface area contributed by atoms with Gasteiger partial charge in [-0.3, -0.25) is 4.79 Å². The van der Waals surface area contributed by atoms with Crippen LogP contribution in [0.3, 0.4) is 0 Å². The molecule has 1 aliphatic carbocycles. The fraction of sp³-hybridized carbons (Fsp3) is 0.800. The van der Waals surface area contributed by atoms with Crippen LogP contribution in [-0.4, -0.2) is 27.5 Å². The zero-order chi connectivity index (χ0) is 13.9. The zero-order valence-electron chi connectivity index (χ0n) is 12.2. The first-order valence-corrected chi connectivity index (χ1v) is 7.89. The number of likely N-dealkylation sites (tertiary alicyclic amines) is 1. The molecule has 0 bridgehead atoms. The summed E-state index contributed by atoms with van der Waals surface area (Å²) < 4.78 is 5.84. The van der Waals surface area contributed by atoms with Crippen molar-refractivity contribution in [2.45, 2.75) is 64.3 Å². The Bertz CT molecular complexity index is 465. The molecule has 2 aliphatic rings.